The van der Waals surface area contributed by atoms with Gasteiger partial charge in [0.05, 0.1) is 12.2 Å². The normalized spacial score (nSPS) is 14.9. The summed E-state index contributed by atoms with van der Waals surface area (Å²) in [6, 6.07) is 8.76. The first kappa shape index (κ1) is 17.7. The van der Waals surface area contributed by atoms with Crippen LogP contribution < -0.4 is 5.32 Å². The number of ether oxygens (including phenoxy) is 2. The molecule has 0 heterocycles. The van der Waals surface area contributed by atoms with E-state index >= 15 is 0 Å². The van der Waals surface area contributed by atoms with Crippen molar-refractivity contribution in [3.8, 4) is 0 Å². The fourth-order valence-electron chi connectivity index (χ4n) is 2.61. The molecule has 2 rings (SSSR count). The van der Waals surface area contributed by atoms with E-state index in [1.165, 1.54) is 6.92 Å². The van der Waals surface area contributed by atoms with Gasteiger partial charge in [0.2, 0.25) is 6.10 Å². The van der Waals surface area contributed by atoms with Crippen molar-refractivity contribution >= 4 is 17.8 Å². The maximum atomic E-state index is 12.6. The highest BCUT2D eigenvalue weighted by molar-refractivity contribution is 5.92. The van der Waals surface area contributed by atoms with Crippen LogP contribution in [0.25, 0.3) is 0 Å². The lowest BCUT2D eigenvalue weighted by Crippen LogP contribution is -2.32. The van der Waals surface area contributed by atoms with Gasteiger partial charge in [0, 0.05) is 18.2 Å². The van der Waals surface area contributed by atoms with Crippen LogP contribution in [0, 0.1) is 0 Å². The summed E-state index contributed by atoms with van der Waals surface area (Å²) in [7, 11) is 0. The zero-order valence-electron chi connectivity index (χ0n) is 13.8. The molecule has 0 unspecified atom stereocenters. The molecule has 0 bridgehead atoms. The third-order valence-corrected chi connectivity index (χ3v) is 3.64. The average Bonchev–Trinajstić information content (AvgIpc) is 3.01. The topological polar surface area (TPSA) is 81.7 Å². The summed E-state index contributed by atoms with van der Waals surface area (Å²) in [6.07, 6.45) is 0.868. The monoisotopic (exact) mass is 331 g/mol. The van der Waals surface area contributed by atoms with Crippen molar-refractivity contribution in [1.29, 1.82) is 0 Å². The molecule has 1 aromatic rings. The van der Waals surface area contributed by atoms with Crippen LogP contribution in [0.15, 0.2) is 41.6 Å². The highest BCUT2D eigenvalue weighted by atomic mass is 16.5. The third kappa shape index (κ3) is 4.44. The highest BCUT2D eigenvalue weighted by Gasteiger charge is 2.28. The van der Waals surface area contributed by atoms with E-state index in [9.17, 15) is 14.4 Å². The maximum absolute atomic E-state index is 12.6. The Labute approximate surface area is 140 Å². The van der Waals surface area contributed by atoms with Gasteiger partial charge in [-0.3, -0.25) is 9.59 Å². The molecule has 6 heteroatoms. The Balaban J connectivity index is 2.19. The molecule has 24 heavy (non-hydrogen) atoms. The van der Waals surface area contributed by atoms with Crippen LogP contribution in [0.5, 0.6) is 0 Å². The van der Waals surface area contributed by atoms with Crippen LogP contribution >= 0.6 is 0 Å². The molecular weight excluding hydrogens is 310 g/mol. The van der Waals surface area contributed by atoms with E-state index in [-0.39, 0.29) is 6.61 Å². The minimum Gasteiger partial charge on any atom is -0.463 e. The Kier molecular flexibility index (Phi) is 6.12. The van der Waals surface area contributed by atoms with Crippen molar-refractivity contribution in [2.45, 2.75) is 39.2 Å². The van der Waals surface area contributed by atoms with Gasteiger partial charge in [0.1, 0.15) is 0 Å². The predicted molar refractivity (Wildman–Crippen MR) is 86.6 cm³/mol. The second kappa shape index (κ2) is 8.29. The quantitative estimate of drug-likeness (QED) is 0.810. The van der Waals surface area contributed by atoms with E-state index in [1.54, 1.807) is 31.2 Å². The number of nitrogens with one attached hydrogen (secondary N) is 1. The molecule has 1 aliphatic carbocycles. The highest BCUT2D eigenvalue weighted by Crippen LogP contribution is 2.26. The lowest BCUT2D eigenvalue weighted by atomic mass is 10.1. The fraction of sp³-hybridized carbons (Fsp3) is 0.389. The molecule has 1 atom stereocenters. The first-order valence-electron chi connectivity index (χ1n) is 7.95. The lowest BCUT2D eigenvalue weighted by molar-refractivity contribution is -0.154. The van der Waals surface area contributed by atoms with E-state index in [2.05, 4.69) is 5.32 Å². The van der Waals surface area contributed by atoms with E-state index in [1.807, 2.05) is 6.07 Å². The number of benzene rings is 1. The molecule has 0 fully saturated rings. The molecule has 0 radical (unpaired) electrons. The molecule has 0 aromatic heterocycles. The molecule has 0 saturated heterocycles. The average molecular weight is 331 g/mol. The standard InChI is InChI=1S/C18H21NO5/c1-3-23-18(22)14-10-7-11-15(14)19-17(21)16(24-12(2)20)13-8-5-4-6-9-13/h4-6,8-9,16H,3,7,10-11H2,1-2H3,(H,19,21)/t16-/m0/s1. The van der Waals surface area contributed by atoms with Gasteiger partial charge in [-0.05, 0) is 26.2 Å². The van der Waals surface area contributed by atoms with Gasteiger partial charge in [-0.2, -0.15) is 0 Å². The number of carbonyl (C=O) groups excluding carboxylic acids is 3. The first-order valence-corrected chi connectivity index (χ1v) is 7.95. The Morgan fingerprint density at radius 2 is 1.88 bits per heavy atom. The van der Waals surface area contributed by atoms with E-state index in [0.29, 0.717) is 29.7 Å². The smallest absolute Gasteiger partial charge is 0.335 e. The first-order chi connectivity index (χ1) is 11.5. The van der Waals surface area contributed by atoms with Crippen molar-refractivity contribution in [3.05, 3.63) is 47.2 Å². The Morgan fingerprint density at radius 3 is 2.50 bits per heavy atom. The van der Waals surface area contributed by atoms with E-state index in [0.717, 1.165) is 6.42 Å². The number of esters is 2. The van der Waals surface area contributed by atoms with Gasteiger partial charge in [0.15, 0.2) is 0 Å². The SMILES string of the molecule is CCOC(=O)C1=C(NC(=O)[C@@H](OC(C)=O)c2ccccc2)CCC1. The summed E-state index contributed by atoms with van der Waals surface area (Å²) in [4.78, 5) is 35.9. The second-order valence-corrected chi connectivity index (χ2v) is 5.42. The van der Waals surface area contributed by atoms with Crippen molar-refractivity contribution in [1.82, 2.24) is 5.32 Å². The molecule has 1 N–H and O–H groups in total. The Hall–Kier alpha value is -2.63. The van der Waals surface area contributed by atoms with Crippen LogP contribution in [0.4, 0.5) is 0 Å². The number of hydrogen-bond donors (Lipinski definition) is 1. The van der Waals surface area contributed by atoms with Gasteiger partial charge < -0.3 is 14.8 Å². The lowest BCUT2D eigenvalue weighted by Gasteiger charge is -2.18. The number of hydrogen-bond acceptors (Lipinski definition) is 5. The van der Waals surface area contributed by atoms with E-state index in [4.69, 9.17) is 9.47 Å². The van der Waals surface area contributed by atoms with Crippen LogP contribution in [0.2, 0.25) is 0 Å². The summed E-state index contributed by atoms with van der Waals surface area (Å²) in [6.45, 7) is 3.27. The Bertz CT molecular complexity index is 651. The minimum atomic E-state index is -1.06. The van der Waals surface area contributed by atoms with Crippen molar-refractivity contribution < 1.29 is 23.9 Å². The molecular formula is C18H21NO5. The third-order valence-electron chi connectivity index (χ3n) is 3.64. The number of carbonyl (C=O) groups is 3. The maximum Gasteiger partial charge on any atom is 0.335 e. The molecule has 128 valence electrons. The molecule has 6 nitrogen and oxygen atoms in total. The molecule has 1 aliphatic rings. The number of rotatable bonds is 6. The zero-order valence-corrected chi connectivity index (χ0v) is 13.8. The van der Waals surface area contributed by atoms with Crippen molar-refractivity contribution in [3.63, 3.8) is 0 Å². The van der Waals surface area contributed by atoms with Crippen LogP contribution in [0.1, 0.15) is 44.8 Å². The fourth-order valence-corrected chi connectivity index (χ4v) is 2.61. The molecule has 0 aliphatic heterocycles. The van der Waals surface area contributed by atoms with Crippen molar-refractivity contribution in [2.24, 2.45) is 0 Å². The minimum absolute atomic E-state index is 0.281. The van der Waals surface area contributed by atoms with Gasteiger partial charge >= 0.3 is 11.9 Å². The molecule has 1 amide bonds. The van der Waals surface area contributed by atoms with Gasteiger partial charge in [-0.1, -0.05) is 30.3 Å². The van der Waals surface area contributed by atoms with Crippen LogP contribution in [0.3, 0.4) is 0 Å². The summed E-state index contributed by atoms with van der Waals surface area (Å²) in [5, 5.41) is 2.73. The van der Waals surface area contributed by atoms with Crippen molar-refractivity contribution in [2.75, 3.05) is 6.61 Å². The summed E-state index contributed by atoms with van der Waals surface area (Å²) < 4.78 is 10.2. The zero-order chi connectivity index (χ0) is 17.5. The second-order valence-electron chi connectivity index (χ2n) is 5.42. The summed E-state index contributed by atoms with van der Waals surface area (Å²) >= 11 is 0. The largest absolute Gasteiger partial charge is 0.463 e. The van der Waals surface area contributed by atoms with Gasteiger partial charge in [-0.25, -0.2) is 4.79 Å². The van der Waals surface area contributed by atoms with Crippen LogP contribution in [-0.4, -0.2) is 24.5 Å². The number of allylic oxidation sites excluding steroid dienone is 1. The summed E-state index contributed by atoms with van der Waals surface area (Å²) in [5.41, 5.74) is 1.60. The van der Waals surface area contributed by atoms with Gasteiger partial charge in [-0.15, -0.1) is 0 Å². The Morgan fingerprint density at radius 1 is 1.17 bits per heavy atom. The molecule has 0 spiro atoms. The molecule has 1 aromatic carbocycles. The molecule has 0 saturated carbocycles. The van der Waals surface area contributed by atoms with Gasteiger partial charge in [0.25, 0.3) is 5.91 Å². The summed E-state index contributed by atoms with van der Waals surface area (Å²) in [5.74, 6) is -1.44. The van der Waals surface area contributed by atoms with E-state index < -0.39 is 23.9 Å². The van der Waals surface area contributed by atoms with Crippen LogP contribution in [-0.2, 0) is 23.9 Å². The number of amides is 1. The predicted octanol–water partition coefficient (Wildman–Crippen LogP) is 2.41.